The van der Waals surface area contributed by atoms with E-state index in [1.54, 1.807) is 24.1 Å². The molecule has 0 atom stereocenters. The molecular weight excluding hydrogens is 460 g/mol. The Morgan fingerprint density at radius 3 is 2.36 bits per heavy atom. The lowest BCUT2D eigenvalue weighted by Gasteiger charge is -2.27. The van der Waals surface area contributed by atoms with Gasteiger partial charge in [-0.3, -0.25) is 9.59 Å². The molecule has 0 bridgehead atoms. The molecule has 8 nitrogen and oxygen atoms in total. The summed E-state index contributed by atoms with van der Waals surface area (Å²) in [6, 6.07) is 16.8. The van der Waals surface area contributed by atoms with Gasteiger partial charge in [0.25, 0.3) is 5.91 Å². The quantitative estimate of drug-likeness (QED) is 0.399. The first kappa shape index (κ1) is 25.3. The topological polar surface area (TPSA) is 81.5 Å². The fraction of sp³-hybridized carbons (Fsp3) is 0.357. The van der Waals surface area contributed by atoms with Crippen LogP contribution in [0, 0.1) is 6.92 Å². The molecule has 2 heterocycles. The van der Waals surface area contributed by atoms with E-state index in [4.69, 9.17) is 18.6 Å². The van der Waals surface area contributed by atoms with E-state index < -0.39 is 0 Å². The van der Waals surface area contributed by atoms with Crippen LogP contribution in [0.15, 0.2) is 59.0 Å². The van der Waals surface area contributed by atoms with Crippen LogP contribution in [-0.4, -0.2) is 55.2 Å². The molecule has 8 heteroatoms. The first-order valence-corrected chi connectivity index (χ1v) is 12.1. The summed E-state index contributed by atoms with van der Waals surface area (Å²) in [4.78, 5) is 30.1. The number of ether oxygens (including phenoxy) is 3. The summed E-state index contributed by atoms with van der Waals surface area (Å²) < 4.78 is 21.9. The number of aryl methyl sites for hydroxylation is 2. The first-order valence-electron chi connectivity index (χ1n) is 12.1. The van der Waals surface area contributed by atoms with Crippen molar-refractivity contribution >= 4 is 11.8 Å². The van der Waals surface area contributed by atoms with Gasteiger partial charge in [-0.05, 0) is 60.9 Å². The lowest BCUT2D eigenvalue weighted by Crippen LogP contribution is -2.43. The number of furan rings is 1. The van der Waals surface area contributed by atoms with Crippen molar-refractivity contribution in [1.29, 1.82) is 0 Å². The van der Waals surface area contributed by atoms with E-state index in [9.17, 15) is 9.59 Å². The van der Waals surface area contributed by atoms with Gasteiger partial charge in [-0.2, -0.15) is 0 Å². The SMILES string of the molecule is CCc1ccc(C(=O)N(CCOC)CC(=O)N(Cc2ccc3c(c2)OCO3)Cc2ccc(C)o2)cc1. The summed E-state index contributed by atoms with van der Waals surface area (Å²) in [5, 5.41) is 0. The van der Waals surface area contributed by atoms with Gasteiger partial charge in [-0.15, -0.1) is 0 Å². The minimum Gasteiger partial charge on any atom is -0.464 e. The Labute approximate surface area is 211 Å². The van der Waals surface area contributed by atoms with Crippen LogP contribution in [0.1, 0.15) is 39.9 Å². The van der Waals surface area contributed by atoms with Crippen molar-refractivity contribution in [3.8, 4) is 11.5 Å². The minimum atomic E-state index is -0.208. The number of nitrogens with zero attached hydrogens (tertiary/aromatic N) is 2. The molecule has 1 aliphatic rings. The molecule has 0 radical (unpaired) electrons. The highest BCUT2D eigenvalue weighted by Crippen LogP contribution is 2.33. The molecular formula is C28H32N2O6. The van der Waals surface area contributed by atoms with Crippen LogP contribution in [0.2, 0.25) is 0 Å². The number of amides is 2. The van der Waals surface area contributed by atoms with Gasteiger partial charge in [0.15, 0.2) is 11.5 Å². The zero-order chi connectivity index (χ0) is 25.5. The van der Waals surface area contributed by atoms with Gasteiger partial charge < -0.3 is 28.4 Å². The molecule has 1 aliphatic heterocycles. The maximum absolute atomic E-state index is 13.6. The van der Waals surface area contributed by atoms with Crippen molar-refractivity contribution in [2.45, 2.75) is 33.4 Å². The van der Waals surface area contributed by atoms with E-state index in [0.717, 1.165) is 23.3 Å². The Bertz CT molecular complexity index is 1190. The summed E-state index contributed by atoms with van der Waals surface area (Å²) >= 11 is 0. The van der Waals surface area contributed by atoms with E-state index in [1.807, 2.05) is 49.4 Å². The fourth-order valence-corrected chi connectivity index (χ4v) is 4.03. The lowest BCUT2D eigenvalue weighted by molar-refractivity contribution is -0.133. The Morgan fingerprint density at radius 2 is 1.67 bits per heavy atom. The molecule has 1 aromatic heterocycles. The summed E-state index contributed by atoms with van der Waals surface area (Å²) in [5.74, 6) is 2.38. The molecule has 4 rings (SSSR count). The molecule has 0 saturated carbocycles. The molecule has 2 amide bonds. The van der Waals surface area contributed by atoms with Gasteiger partial charge in [0, 0.05) is 25.8 Å². The Balaban J connectivity index is 1.54. The Morgan fingerprint density at radius 1 is 0.917 bits per heavy atom. The highest BCUT2D eigenvalue weighted by Gasteiger charge is 2.24. The Hall–Kier alpha value is -3.78. The van der Waals surface area contributed by atoms with Crippen LogP contribution in [0.25, 0.3) is 0 Å². The van der Waals surface area contributed by atoms with Crippen LogP contribution >= 0.6 is 0 Å². The van der Waals surface area contributed by atoms with Crippen LogP contribution in [0.5, 0.6) is 11.5 Å². The van der Waals surface area contributed by atoms with Gasteiger partial charge in [0.1, 0.15) is 18.1 Å². The van der Waals surface area contributed by atoms with Gasteiger partial charge >= 0.3 is 0 Å². The van der Waals surface area contributed by atoms with Crippen molar-refractivity contribution in [2.24, 2.45) is 0 Å². The maximum atomic E-state index is 13.6. The maximum Gasteiger partial charge on any atom is 0.254 e. The molecule has 2 aromatic carbocycles. The number of fused-ring (bicyclic) bond motifs is 1. The van der Waals surface area contributed by atoms with Gasteiger partial charge in [-0.25, -0.2) is 0 Å². The minimum absolute atomic E-state index is 0.0814. The van der Waals surface area contributed by atoms with Gasteiger partial charge in [0.05, 0.1) is 13.2 Å². The van der Waals surface area contributed by atoms with Crippen molar-refractivity contribution in [3.05, 3.63) is 82.8 Å². The van der Waals surface area contributed by atoms with Crippen molar-refractivity contribution in [1.82, 2.24) is 9.80 Å². The molecule has 36 heavy (non-hydrogen) atoms. The van der Waals surface area contributed by atoms with E-state index in [2.05, 4.69) is 6.92 Å². The van der Waals surface area contributed by atoms with Crippen molar-refractivity contribution < 1.29 is 28.2 Å². The lowest BCUT2D eigenvalue weighted by atomic mass is 10.1. The third-order valence-corrected chi connectivity index (χ3v) is 6.09. The number of hydrogen-bond acceptors (Lipinski definition) is 6. The normalized spacial score (nSPS) is 12.0. The van der Waals surface area contributed by atoms with Crippen molar-refractivity contribution in [3.63, 3.8) is 0 Å². The second kappa shape index (κ2) is 11.8. The predicted molar refractivity (Wildman–Crippen MR) is 134 cm³/mol. The second-order valence-electron chi connectivity index (χ2n) is 8.72. The number of carbonyl (C=O) groups excluding carboxylic acids is 2. The van der Waals surface area contributed by atoms with E-state index in [-0.39, 0.29) is 31.7 Å². The number of benzene rings is 2. The average molecular weight is 493 g/mol. The molecule has 0 N–H and O–H groups in total. The molecule has 0 fully saturated rings. The summed E-state index contributed by atoms with van der Waals surface area (Å²) in [5.41, 5.74) is 2.58. The number of hydrogen-bond donors (Lipinski definition) is 0. The predicted octanol–water partition coefficient (Wildman–Crippen LogP) is 4.20. The van der Waals surface area contributed by atoms with E-state index in [1.165, 1.54) is 4.90 Å². The first-order chi connectivity index (χ1) is 17.5. The molecule has 0 unspecified atom stereocenters. The average Bonchev–Trinajstić information content (AvgIpc) is 3.53. The summed E-state index contributed by atoms with van der Waals surface area (Å²) in [6.07, 6.45) is 0.890. The van der Waals surface area contributed by atoms with Gasteiger partial charge in [0.2, 0.25) is 12.7 Å². The second-order valence-corrected chi connectivity index (χ2v) is 8.72. The fourth-order valence-electron chi connectivity index (χ4n) is 4.03. The summed E-state index contributed by atoms with van der Waals surface area (Å²) in [7, 11) is 1.58. The Kier molecular flexibility index (Phi) is 8.28. The number of methoxy groups -OCH3 is 1. The van der Waals surface area contributed by atoms with Gasteiger partial charge in [-0.1, -0.05) is 25.1 Å². The highest BCUT2D eigenvalue weighted by atomic mass is 16.7. The molecule has 3 aromatic rings. The third-order valence-electron chi connectivity index (χ3n) is 6.09. The van der Waals surface area contributed by atoms with Crippen LogP contribution in [-0.2, 0) is 29.0 Å². The highest BCUT2D eigenvalue weighted by molar-refractivity contribution is 5.96. The number of rotatable bonds is 11. The smallest absolute Gasteiger partial charge is 0.254 e. The zero-order valence-electron chi connectivity index (χ0n) is 21.0. The molecule has 0 spiro atoms. The monoisotopic (exact) mass is 492 g/mol. The van der Waals surface area contributed by atoms with Crippen LogP contribution in [0.4, 0.5) is 0 Å². The molecule has 190 valence electrons. The van der Waals surface area contributed by atoms with E-state index >= 15 is 0 Å². The van der Waals surface area contributed by atoms with E-state index in [0.29, 0.717) is 42.5 Å². The largest absolute Gasteiger partial charge is 0.464 e. The molecule has 0 aliphatic carbocycles. The number of carbonyl (C=O) groups is 2. The van der Waals surface area contributed by atoms with Crippen LogP contribution in [0.3, 0.4) is 0 Å². The van der Waals surface area contributed by atoms with Crippen LogP contribution < -0.4 is 9.47 Å². The zero-order valence-corrected chi connectivity index (χ0v) is 21.0. The third kappa shape index (κ3) is 6.26. The molecule has 0 saturated heterocycles. The standard InChI is InChI=1S/C28H32N2O6/c1-4-21-6-9-23(10-7-21)28(32)29(13-14-33-3)18-27(31)30(17-24-11-5-20(2)36-24)16-22-8-12-25-26(15-22)35-19-34-25/h5-12,15H,4,13-14,16-19H2,1-3H3. The van der Waals surface area contributed by atoms with Crippen molar-refractivity contribution in [2.75, 3.05) is 33.6 Å². The summed E-state index contributed by atoms with van der Waals surface area (Å²) in [6.45, 7) is 5.26.